The number of rotatable bonds is 1. The Kier molecular flexibility index (Phi) is 3.82. The molecule has 4 aliphatic rings. The molecule has 0 N–H and O–H groups in total. The Morgan fingerprint density at radius 1 is 0.611 bits per heavy atom. The molecule has 0 saturated heterocycles. The number of fused-ring (bicyclic) bond motifs is 5. The zero-order valence-electron chi connectivity index (χ0n) is 19.8. The van der Waals surface area contributed by atoms with E-state index in [-0.39, 0.29) is 29.3 Å². The van der Waals surface area contributed by atoms with Gasteiger partial charge in [-0.25, -0.2) is 0 Å². The van der Waals surface area contributed by atoms with Crippen LogP contribution in [0.25, 0.3) is 5.57 Å². The Morgan fingerprint density at radius 3 is 2.03 bits per heavy atom. The van der Waals surface area contributed by atoms with Gasteiger partial charge in [-0.15, -0.1) is 0 Å². The van der Waals surface area contributed by atoms with Crippen molar-refractivity contribution in [1.82, 2.24) is 0 Å². The van der Waals surface area contributed by atoms with Gasteiger partial charge in [-0.05, 0) is 75.2 Å². The second-order valence-electron chi connectivity index (χ2n) is 10.4. The predicted octanol–water partition coefficient (Wildman–Crippen LogP) is 7.14. The number of hydrogen-bond acceptors (Lipinski definition) is 2. The molecule has 0 bridgehead atoms. The minimum Gasteiger partial charge on any atom is -0.289 e. The van der Waals surface area contributed by atoms with Crippen LogP contribution in [0.2, 0.25) is 0 Å². The van der Waals surface area contributed by atoms with Crippen molar-refractivity contribution in [2.45, 2.75) is 24.7 Å². The van der Waals surface area contributed by atoms with E-state index in [2.05, 4.69) is 66.7 Å². The summed E-state index contributed by atoms with van der Waals surface area (Å²) in [6, 6.07) is 31.5. The molecule has 0 aliphatic heterocycles. The summed E-state index contributed by atoms with van der Waals surface area (Å²) in [5.74, 6) is -0.102. The molecular weight excluding hydrogens is 440 g/mol. The molecule has 4 aromatic carbocycles. The number of carbonyl (C=O) groups excluding carboxylic acids is 2. The number of Topliss-reactive ketones (excluding diaryl/α,β-unsaturated/α-hetero) is 1. The third-order valence-corrected chi connectivity index (χ3v) is 8.52. The van der Waals surface area contributed by atoms with Gasteiger partial charge in [-0.3, -0.25) is 9.59 Å². The summed E-state index contributed by atoms with van der Waals surface area (Å²) in [5.41, 5.74) is 12.2. The van der Waals surface area contributed by atoms with Gasteiger partial charge in [0.2, 0.25) is 0 Å². The first kappa shape index (κ1) is 19.9. The van der Waals surface area contributed by atoms with Crippen LogP contribution in [0, 0.1) is 6.92 Å². The highest BCUT2D eigenvalue weighted by Gasteiger charge is 2.51. The van der Waals surface area contributed by atoms with Crippen molar-refractivity contribution in [1.29, 1.82) is 0 Å². The van der Waals surface area contributed by atoms with Crippen LogP contribution in [0.5, 0.6) is 0 Å². The maximum absolute atomic E-state index is 14.2. The fourth-order valence-electron chi connectivity index (χ4n) is 7.28. The number of allylic oxidation sites excluding steroid dienone is 4. The molecule has 0 radical (unpaired) electrons. The van der Waals surface area contributed by atoms with Crippen LogP contribution >= 0.6 is 0 Å². The van der Waals surface area contributed by atoms with Gasteiger partial charge in [0.1, 0.15) is 0 Å². The number of benzene rings is 4. The summed E-state index contributed by atoms with van der Waals surface area (Å²) >= 11 is 0. The van der Waals surface area contributed by atoms with Crippen molar-refractivity contribution in [3.8, 4) is 0 Å². The highest BCUT2D eigenvalue weighted by Crippen LogP contribution is 2.63. The summed E-state index contributed by atoms with van der Waals surface area (Å²) in [6.07, 6.45) is 1.89. The normalized spacial score (nSPS) is 22.5. The summed E-state index contributed by atoms with van der Waals surface area (Å²) in [4.78, 5) is 27.9. The van der Waals surface area contributed by atoms with Gasteiger partial charge in [0.25, 0.3) is 0 Å². The van der Waals surface area contributed by atoms with Crippen molar-refractivity contribution in [3.05, 3.63) is 158 Å². The van der Waals surface area contributed by atoms with Gasteiger partial charge < -0.3 is 0 Å². The lowest BCUT2D eigenvalue weighted by Gasteiger charge is -2.36. The van der Waals surface area contributed by atoms with Crippen molar-refractivity contribution in [2.75, 3.05) is 0 Å². The molecule has 2 nitrogen and oxygen atoms in total. The smallest absolute Gasteiger partial charge is 0.194 e. The van der Waals surface area contributed by atoms with Crippen LogP contribution in [0.1, 0.15) is 77.4 Å². The van der Waals surface area contributed by atoms with Crippen molar-refractivity contribution < 1.29 is 9.59 Å². The highest BCUT2D eigenvalue weighted by molar-refractivity contribution is 6.34. The zero-order chi connectivity index (χ0) is 24.1. The van der Waals surface area contributed by atoms with E-state index in [4.69, 9.17) is 0 Å². The third-order valence-electron chi connectivity index (χ3n) is 8.52. The molecule has 4 aliphatic carbocycles. The Morgan fingerprint density at radius 2 is 1.25 bits per heavy atom. The minimum atomic E-state index is -0.101. The minimum absolute atomic E-state index is 0.00502. The van der Waals surface area contributed by atoms with Crippen LogP contribution < -0.4 is 0 Å². The first-order valence-electron chi connectivity index (χ1n) is 12.6. The van der Waals surface area contributed by atoms with Gasteiger partial charge in [0.15, 0.2) is 11.6 Å². The molecule has 0 amide bonds. The maximum Gasteiger partial charge on any atom is 0.194 e. The maximum atomic E-state index is 14.2. The van der Waals surface area contributed by atoms with E-state index in [1.165, 1.54) is 22.3 Å². The first-order chi connectivity index (χ1) is 17.6. The van der Waals surface area contributed by atoms with Crippen molar-refractivity contribution in [2.24, 2.45) is 0 Å². The van der Waals surface area contributed by atoms with Crippen molar-refractivity contribution in [3.63, 3.8) is 0 Å². The van der Waals surface area contributed by atoms with E-state index < -0.39 is 0 Å². The molecule has 4 aromatic rings. The van der Waals surface area contributed by atoms with E-state index in [9.17, 15) is 9.59 Å². The van der Waals surface area contributed by atoms with E-state index in [1.807, 2.05) is 37.3 Å². The molecule has 8 rings (SSSR count). The Balaban J connectivity index is 1.57. The molecule has 36 heavy (non-hydrogen) atoms. The van der Waals surface area contributed by atoms with E-state index >= 15 is 0 Å². The lowest BCUT2D eigenvalue weighted by atomic mass is 9.65. The summed E-state index contributed by atoms with van der Waals surface area (Å²) < 4.78 is 0. The van der Waals surface area contributed by atoms with Crippen LogP contribution in [-0.2, 0) is 0 Å². The second kappa shape index (κ2) is 6.89. The quantitative estimate of drug-likeness (QED) is 0.301. The summed E-state index contributed by atoms with van der Waals surface area (Å²) in [6.45, 7) is 1.97. The second-order valence-corrected chi connectivity index (χ2v) is 10.4. The zero-order valence-corrected chi connectivity index (χ0v) is 19.8. The van der Waals surface area contributed by atoms with Crippen LogP contribution in [0.15, 0.2) is 108 Å². The van der Waals surface area contributed by atoms with Gasteiger partial charge in [0, 0.05) is 34.5 Å². The molecule has 0 spiro atoms. The van der Waals surface area contributed by atoms with E-state index in [1.54, 1.807) is 0 Å². The monoisotopic (exact) mass is 462 g/mol. The van der Waals surface area contributed by atoms with Gasteiger partial charge in [-0.1, -0.05) is 78.9 Å². The molecule has 170 valence electrons. The fourth-order valence-corrected chi connectivity index (χ4v) is 7.28. The Bertz CT molecular complexity index is 1710. The highest BCUT2D eigenvalue weighted by atomic mass is 16.1. The molecule has 0 saturated carbocycles. The van der Waals surface area contributed by atoms with Crippen LogP contribution in [0.3, 0.4) is 0 Å². The molecular formula is C34H22O2. The standard InChI is InChI=1S/C34H22O2/c1-18-15-24-27(35)17-25-28(19-9-3-2-4-10-19)20-11-5-6-12-21(20)29-22-13-7-8-14-23(22)32-33(29)31(25)30(24)26(16-18)34(32)36/h2-17,28-29,31H,1H3. The summed E-state index contributed by atoms with van der Waals surface area (Å²) in [7, 11) is 0. The largest absolute Gasteiger partial charge is 0.289 e. The molecule has 3 unspecified atom stereocenters. The van der Waals surface area contributed by atoms with Crippen molar-refractivity contribution >= 4 is 17.1 Å². The lowest BCUT2D eigenvalue weighted by Crippen LogP contribution is -2.28. The third kappa shape index (κ3) is 2.37. The molecule has 3 atom stereocenters. The molecule has 0 fully saturated rings. The lowest BCUT2D eigenvalue weighted by molar-refractivity contribution is 0.104. The van der Waals surface area contributed by atoms with E-state index in [0.717, 1.165) is 33.4 Å². The SMILES string of the molecule is Cc1cc2c3c(c1)C(=O)C1=C4C3C(=CC2=O)C(c2ccccc2)c2ccccc2C4c2ccccc21. The van der Waals surface area contributed by atoms with Gasteiger partial charge in [0.05, 0.1) is 0 Å². The topological polar surface area (TPSA) is 34.1 Å². The van der Waals surface area contributed by atoms with Crippen LogP contribution in [-0.4, -0.2) is 11.6 Å². The first-order valence-corrected chi connectivity index (χ1v) is 12.6. The molecule has 0 heterocycles. The van der Waals surface area contributed by atoms with E-state index in [0.29, 0.717) is 11.1 Å². The van der Waals surface area contributed by atoms with Gasteiger partial charge in [-0.2, -0.15) is 0 Å². The molecule has 0 aromatic heterocycles. The fraction of sp³-hybridized carbons (Fsp3) is 0.118. The average molecular weight is 463 g/mol. The number of carbonyl (C=O) groups is 2. The number of hydrogen-bond donors (Lipinski definition) is 0. The Hall–Kier alpha value is -4.30. The molecule has 2 heteroatoms. The average Bonchev–Trinajstić information content (AvgIpc) is 3.18. The number of ketones is 2. The summed E-state index contributed by atoms with van der Waals surface area (Å²) in [5, 5.41) is 0. The Labute approximate surface area is 209 Å². The number of aryl methyl sites for hydroxylation is 1. The van der Waals surface area contributed by atoms with Crippen LogP contribution in [0.4, 0.5) is 0 Å². The predicted molar refractivity (Wildman–Crippen MR) is 141 cm³/mol. The van der Waals surface area contributed by atoms with Gasteiger partial charge >= 0.3 is 0 Å².